The largest absolute Gasteiger partial charge is 0.381 e. The summed E-state index contributed by atoms with van der Waals surface area (Å²) >= 11 is 0. The van der Waals surface area contributed by atoms with Gasteiger partial charge in [-0.15, -0.1) is 24.0 Å². The molecular weight excluding hydrogens is 508 g/mol. The van der Waals surface area contributed by atoms with Gasteiger partial charge < -0.3 is 15.4 Å². The van der Waals surface area contributed by atoms with Crippen LogP contribution in [0.3, 0.4) is 0 Å². The Bertz CT molecular complexity index is 831. The lowest BCUT2D eigenvalue weighted by atomic mass is 9.74. The maximum atomic E-state index is 13.4. The number of halogens is 2. The first-order valence-corrected chi connectivity index (χ1v) is 10.9. The molecule has 1 aliphatic heterocycles. The van der Waals surface area contributed by atoms with Gasteiger partial charge in [0.1, 0.15) is 5.82 Å². The molecule has 172 valence electrons. The lowest BCUT2D eigenvalue weighted by Gasteiger charge is -2.36. The van der Waals surface area contributed by atoms with Crippen molar-refractivity contribution in [2.24, 2.45) is 4.99 Å². The summed E-state index contributed by atoms with van der Waals surface area (Å²) in [5.74, 6) is 0.612. The van der Waals surface area contributed by atoms with Crippen LogP contribution in [0.25, 0.3) is 0 Å². The van der Waals surface area contributed by atoms with Crippen molar-refractivity contribution >= 4 is 29.9 Å². The van der Waals surface area contributed by atoms with Crippen molar-refractivity contribution in [3.63, 3.8) is 0 Å². The number of rotatable bonds is 8. The van der Waals surface area contributed by atoms with Gasteiger partial charge in [-0.3, -0.25) is 9.67 Å². The molecule has 2 N–H and O–H groups in total. The summed E-state index contributed by atoms with van der Waals surface area (Å²) in [5, 5.41) is 11.3. The van der Waals surface area contributed by atoms with E-state index in [0.717, 1.165) is 56.1 Å². The maximum absolute atomic E-state index is 13.4. The number of guanidine groups is 1. The van der Waals surface area contributed by atoms with Gasteiger partial charge in [0.25, 0.3) is 0 Å². The third-order valence-corrected chi connectivity index (χ3v) is 5.73. The van der Waals surface area contributed by atoms with Gasteiger partial charge in [0, 0.05) is 44.0 Å². The van der Waals surface area contributed by atoms with Crippen molar-refractivity contribution in [2.75, 3.05) is 32.8 Å². The van der Waals surface area contributed by atoms with E-state index in [-0.39, 0.29) is 35.2 Å². The maximum Gasteiger partial charge on any atom is 0.191 e. The number of nitrogens with one attached hydrogen (secondary N) is 2. The van der Waals surface area contributed by atoms with Crippen molar-refractivity contribution in [3.05, 3.63) is 53.1 Å². The number of hydrogen-bond acceptors (Lipinski definition) is 3. The minimum absolute atomic E-state index is 0. The molecule has 1 fully saturated rings. The number of hydrogen-bond donors (Lipinski definition) is 2. The van der Waals surface area contributed by atoms with Gasteiger partial charge in [0.2, 0.25) is 0 Å². The van der Waals surface area contributed by atoms with E-state index >= 15 is 0 Å². The second kappa shape index (κ2) is 12.4. The fourth-order valence-electron chi connectivity index (χ4n) is 4.01. The molecule has 2 aromatic rings. The van der Waals surface area contributed by atoms with Gasteiger partial charge in [-0.25, -0.2) is 4.39 Å². The van der Waals surface area contributed by atoms with Crippen molar-refractivity contribution < 1.29 is 9.13 Å². The van der Waals surface area contributed by atoms with Crippen LogP contribution in [0.15, 0.2) is 35.3 Å². The third kappa shape index (κ3) is 7.17. The molecule has 0 spiro atoms. The van der Waals surface area contributed by atoms with E-state index in [0.29, 0.717) is 19.8 Å². The van der Waals surface area contributed by atoms with Crippen molar-refractivity contribution in [3.8, 4) is 0 Å². The SMILES string of the molecule is CCNC(=NCC1(c2ccc(F)cc2)CCOCC1)NCCCn1nc(C)cc1C.I. The van der Waals surface area contributed by atoms with E-state index < -0.39 is 0 Å². The van der Waals surface area contributed by atoms with Crippen molar-refractivity contribution in [2.45, 2.75) is 52.0 Å². The molecule has 8 heteroatoms. The number of ether oxygens (including phenoxy) is 1. The van der Waals surface area contributed by atoms with Gasteiger partial charge in [-0.05, 0) is 63.8 Å². The molecular formula is C23H35FIN5O. The van der Waals surface area contributed by atoms with Crippen molar-refractivity contribution in [1.82, 2.24) is 20.4 Å². The molecule has 1 aromatic carbocycles. The van der Waals surface area contributed by atoms with E-state index in [1.165, 1.54) is 5.69 Å². The fraction of sp³-hybridized carbons (Fsp3) is 0.565. The highest BCUT2D eigenvalue weighted by atomic mass is 127. The van der Waals surface area contributed by atoms with Crippen LogP contribution in [0.1, 0.15) is 43.1 Å². The van der Waals surface area contributed by atoms with Crippen LogP contribution in [0, 0.1) is 19.7 Å². The van der Waals surface area contributed by atoms with Crippen LogP contribution >= 0.6 is 24.0 Å². The summed E-state index contributed by atoms with van der Waals surface area (Å²) in [6.07, 6.45) is 2.74. The average Bonchev–Trinajstić information content (AvgIpc) is 3.07. The first kappa shape index (κ1) is 25.6. The molecule has 3 rings (SSSR count). The zero-order valence-electron chi connectivity index (χ0n) is 18.8. The normalized spacial score (nSPS) is 15.9. The van der Waals surface area contributed by atoms with Crippen molar-refractivity contribution in [1.29, 1.82) is 0 Å². The molecule has 1 saturated heterocycles. The molecule has 0 bridgehead atoms. The molecule has 6 nitrogen and oxygen atoms in total. The van der Waals surface area contributed by atoms with Gasteiger partial charge >= 0.3 is 0 Å². The molecule has 0 saturated carbocycles. The molecule has 0 atom stereocenters. The standard InChI is InChI=1S/C23H34FN5O.HI/c1-4-25-22(26-12-5-13-29-19(3)16-18(2)28-29)27-17-23(10-14-30-15-11-23)20-6-8-21(24)9-7-20;/h6-9,16H,4-5,10-15,17H2,1-3H3,(H2,25,26,27);1H. The topological polar surface area (TPSA) is 63.5 Å². The van der Waals surface area contributed by atoms with Crippen LogP contribution in [0.4, 0.5) is 4.39 Å². The van der Waals surface area contributed by atoms with Gasteiger partial charge in [-0.2, -0.15) is 5.10 Å². The second-order valence-corrected chi connectivity index (χ2v) is 8.03. The number of aromatic nitrogens is 2. The van der Waals surface area contributed by atoms with Gasteiger partial charge in [0.05, 0.1) is 12.2 Å². The lowest BCUT2D eigenvalue weighted by molar-refractivity contribution is 0.0531. The molecule has 1 aliphatic rings. The first-order valence-electron chi connectivity index (χ1n) is 10.9. The van der Waals surface area contributed by atoms with E-state index in [1.807, 2.05) is 23.7 Å². The summed E-state index contributed by atoms with van der Waals surface area (Å²) < 4.78 is 21.1. The van der Waals surface area contributed by atoms with Gasteiger partial charge in [-0.1, -0.05) is 12.1 Å². The lowest BCUT2D eigenvalue weighted by Crippen LogP contribution is -2.41. The summed E-state index contributed by atoms with van der Waals surface area (Å²) in [5.41, 5.74) is 3.26. The van der Waals surface area contributed by atoms with Crippen LogP contribution in [0.5, 0.6) is 0 Å². The summed E-state index contributed by atoms with van der Waals surface area (Å²) in [7, 11) is 0. The Morgan fingerprint density at radius 2 is 1.90 bits per heavy atom. The smallest absolute Gasteiger partial charge is 0.191 e. The molecule has 2 heterocycles. The zero-order chi connectivity index (χ0) is 21.4. The minimum Gasteiger partial charge on any atom is -0.381 e. The first-order chi connectivity index (χ1) is 14.5. The van der Waals surface area contributed by atoms with E-state index in [1.54, 1.807) is 12.1 Å². The Labute approximate surface area is 202 Å². The van der Waals surface area contributed by atoms with E-state index in [9.17, 15) is 4.39 Å². The molecule has 0 unspecified atom stereocenters. The highest BCUT2D eigenvalue weighted by Crippen LogP contribution is 2.35. The highest BCUT2D eigenvalue weighted by Gasteiger charge is 2.34. The second-order valence-electron chi connectivity index (χ2n) is 8.03. The Balaban J connectivity index is 0.00000341. The van der Waals surface area contributed by atoms with Gasteiger partial charge in [0.15, 0.2) is 5.96 Å². The Morgan fingerprint density at radius 1 is 1.19 bits per heavy atom. The number of benzene rings is 1. The number of aliphatic imine (C=N–C) groups is 1. The minimum atomic E-state index is -0.206. The number of nitrogens with zero attached hydrogens (tertiary/aromatic N) is 3. The van der Waals surface area contributed by atoms with Crippen LogP contribution in [-0.4, -0.2) is 48.6 Å². The predicted molar refractivity (Wildman–Crippen MR) is 134 cm³/mol. The van der Waals surface area contributed by atoms with Crippen LogP contribution < -0.4 is 10.6 Å². The zero-order valence-corrected chi connectivity index (χ0v) is 21.1. The quantitative estimate of drug-likeness (QED) is 0.229. The summed E-state index contributed by atoms with van der Waals surface area (Å²) in [6.45, 7) is 10.7. The van der Waals surface area contributed by atoms with Crippen LogP contribution in [0.2, 0.25) is 0 Å². The summed E-state index contributed by atoms with van der Waals surface area (Å²) in [4.78, 5) is 4.90. The average molecular weight is 543 g/mol. The monoisotopic (exact) mass is 543 g/mol. The predicted octanol–water partition coefficient (Wildman–Crippen LogP) is 3.95. The molecule has 1 aromatic heterocycles. The Morgan fingerprint density at radius 3 is 2.52 bits per heavy atom. The molecule has 0 radical (unpaired) electrons. The Kier molecular flexibility index (Phi) is 10.2. The van der Waals surface area contributed by atoms with E-state index in [4.69, 9.17) is 9.73 Å². The molecule has 0 aliphatic carbocycles. The molecule has 0 amide bonds. The third-order valence-electron chi connectivity index (χ3n) is 5.73. The fourth-order valence-corrected chi connectivity index (χ4v) is 4.01. The number of aryl methyl sites for hydroxylation is 3. The van der Waals surface area contributed by atoms with E-state index in [2.05, 4.69) is 35.6 Å². The summed E-state index contributed by atoms with van der Waals surface area (Å²) in [6, 6.07) is 8.97. The molecule has 31 heavy (non-hydrogen) atoms. The Hall–Kier alpha value is -1.68. The highest BCUT2D eigenvalue weighted by molar-refractivity contribution is 14.0. The van der Waals surface area contributed by atoms with Crippen LogP contribution in [-0.2, 0) is 16.7 Å².